The molecule has 4 aliphatic heterocycles. The lowest BCUT2D eigenvalue weighted by atomic mass is 9.95. The van der Waals surface area contributed by atoms with Crippen LogP contribution >= 0.6 is 11.8 Å². The molecule has 7 heteroatoms. The number of rotatable bonds is 2. The normalized spacial score (nSPS) is 41.0. The zero-order valence-corrected chi connectivity index (χ0v) is 13.1. The standard InChI is InChI=1S/C15H19FN4OS/c1-9(21)14-19-15-12(4-7-22-15)18-6-3-13(15)20(14)11-2-5-17-8-10(11)16/h3-4,6-7,9-11,13,17,21H,2,5,8H2,1H3/t9-,10?,11?,13?,15?/m1/s1. The van der Waals surface area contributed by atoms with Crippen LogP contribution in [0.25, 0.3) is 0 Å². The number of halogens is 1. The van der Waals surface area contributed by atoms with E-state index < -0.39 is 17.1 Å². The Hall–Kier alpha value is -1.18. The van der Waals surface area contributed by atoms with Crippen molar-refractivity contribution >= 4 is 23.3 Å². The molecule has 1 spiro atoms. The van der Waals surface area contributed by atoms with Gasteiger partial charge in [0.25, 0.3) is 0 Å². The summed E-state index contributed by atoms with van der Waals surface area (Å²) in [5, 5.41) is 15.3. The molecular formula is C15H19FN4OS. The first-order chi connectivity index (χ1) is 10.6. The topological polar surface area (TPSA) is 60.2 Å². The summed E-state index contributed by atoms with van der Waals surface area (Å²) in [5.74, 6) is 0.579. The van der Waals surface area contributed by atoms with Crippen LogP contribution in [0.3, 0.4) is 0 Å². The van der Waals surface area contributed by atoms with Crippen molar-refractivity contribution in [2.24, 2.45) is 9.98 Å². The van der Waals surface area contributed by atoms with E-state index in [4.69, 9.17) is 4.99 Å². The highest BCUT2D eigenvalue weighted by molar-refractivity contribution is 8.04. The molecule has 5 nitrogen and oxygen atoms in total. The summed E-state index contributed by atoms with van der Waals surface area (Å²) in [6.45, 7) is 2.83. The average Bonchev–Trinajstić information content (AvgIpc) is 3.06. The van der Waals surface area contributed by atoms with Gasteiger partial charge in [0.15, 0.2) is 4.87 Å². The largest absolute Gasteiger partial charge is 0.385 e. The van der Waals surface area contributed by atoms with Gasteiger partial charge in [0.05, 0.1) is 17.8 Å². The molecule has 0 radical (unpaired) electrons. The molecule has 4 aliphatic rings. The minimum Gasteiger partial charge on any atom is -0.385 e. The number of amidine groups is 1. The van der Waals surface area contributed by atoms with Gasteiger partial charge in [-0.1, -0.05) is 11.8 Å². The summed E-state index contributed by atoms with van der Waals surface area (Å²) >= 11 is 1.59. The zero-order valence-electron chi connectivity index (χ0n) is 12.3. The molecule has 22 heavy (non-hydrogen) atoms. The number of aliphatic hydroxyl groups is 1. The van der Waals surface area contributed by atoms with Gasteiger partial charge in [0, 0.05) is 12.7 Å². The van der Waals surface area contributed by atoms with E-state index in [2.05, 4.69) is 10.3 Å². The molecule has 1 fully saturated rings. The van der Waals surface area contributed by atoms with Crippen LogP contribution in [-0.4, -0.2) is 63.9 Å². The minimum absolute atomic E-state index is 0.0917. The number of aliphatic imine (C=N–C) groups is 2. The van der Waals surface area contributed by atoms with E-state index in [1.165, 1.54) is 0 Å². The van der Waals surface area contributed by atoms with Crippen molar-refractivity contribution < 1.29 is 9.50 Å². The molecule has 4 heterocycles. The van der Waals surface area contributed by atoms with Gasteiger partial charge in [-0.15, -0.1) is 0 Å². The fourth-order valence-corrected chi connectivity index (χ4v) is 4.80. The van der Waals surface area contributed by atoms with Crippen LogP contribution in [-0.2, 0) is 0 Å². The van der Waals surface area contributed by atoms with E-state index >= 15 is 0 Å². The zero-order chi connectivity index (χ0) is 15.3. The van der Waals surface area contributed by atoms with Crippen molar-refractivity contribution in [1.29, 1.82) is 0 Å². The molecule has 0 aromatic rings. The van der Waals surface area contributed by atoms with Crippen LogP contribution < -0.4 is 5.32 Å². The SMILES string of the molecule is C[C@@H](O)C1=NC23SC=CC2=NC=CC3N1C1CCNCC1F. The quantitative estimate of drug-likeness (QED) is 0.798. The fraction of sp³-hybridized carbons (Fsp3) is 0.600. The third-order valence-electron chi connectivity index (χ3n) is 4.67. The highest BCUT2D eigenvalue weighted by Crippen LogP contribution is 2.48. The molecule has 0 bridgehead atoms. The van der Waals surface area contributed by atoms with Gasteiger partial charge in [0.1, 0.15) is 18.1 Å². The van der Waals surface area contributed by atoms with Gasteiger partial charge in [-0.25, -0.2) is 9.38 Å². The maximum absolute atomic E-state index is 14.5. The van der Waals surface area contributed by atoms with Crippen molar-refractivity contribution in [3.8, 4) is 0 Å². The van der Waals surface area contributed by atoms with Gasteiger partial charge in [-0.05, 0) is 37.4 Å². The van der Waals surface area contributed by atoms with Crippen molar-refractivity contribution in [3.05, 3.63) is 23.8 Å². The lowest BCUT2D eigenvalue weighted by molar-refractivity contribution is 0.113. The number of nitrogens with zero attached hydrogens (tertiary/aromatic N) is 3. The summed E-state index contributed by atoms with van der Waals surface area (Å²) in [7, 11) is 0. The van der Waals surface area contributed by atoms with E-state index in [-0.39, 0.29) is 12.1 Å². The van der Waals surface area contributed by atoms with E-state index in [0.29, 0.717) is 18.8 Å². The van der Waals surface area contributed by atoms with Crippen molar-refractivity contribution in [3.63, 3.8) is 0 Å². The Bertz CT molecular complexity index is 602. The number of piperidine rings is 1. The highest BCUT2D eigenvalue weighted by atomic mass is 32.2. The summed E-state index contributed by atoms with van der Waals surface area (Å²) in [5.41, 5.74) is 0.884. The second kappa shape index (κ2) is 5.18. The Morgan fingerprint density at radius 3 is 3.23 bits per heavy atom. The molecule has 4 unspecified atom stereocenters. The first kappa shape index (κ1) is 14.4. The van der Waals surface area contributed by atoms with E-state index in [1.54, 1.807) is 24.9 Å². The number of aliphatic hydroxyl groups excluding tert-OH is 1. The lowest BCUT2D eigenvalue weighted by Gasteiger charge is -2.42. The number of nitrogens with one attached hydrogen (secondary N) is 1. The van der Waals surface area contributed by atoms with E-state index in [0.717, 1.165) is 12.3 Å². The molecule has 4 rings (SSSR count). The first-order valence-corrected chi connectivity index (χ1v) is 8.52. The van der Waals surface area contributed by atoms with Crippen LogP contribution in [0.5, 0.6) is 0 Å². The Labute approximate surface area is 133 Å². The van der Waals surface area contributed by atoms with Crippen molar-refractivity contribution in [1.82, 2.24) is 10.2 Å². The number of hydrogen-bond donors (Lipinski definition) is 2. The molecule has 1 saturated heterocycles. The average molecular weight is 322 g/mol. The smallest absolute Gasteiger partial charge is 0.177 e. The first-order valence-electron chi connectivity index (χ1n) is 7.64. The summed E-state index contributed by atoms with van der Waals surface area (Å²) in [4.78, 5) is 10.7. The third-order valence-corrected chi connectivity index (χ3v) is 5.85. The third kappa shape index (κ3) is 1.92. The van der Waals surface area contributed by atoms with Gasteiger partial charge in [0.2, 0.25) is 0 Å². The number of hydrogen-bond acceptors (Lipinski definition) is 6. The summed E-state index contributed by atoms with van der Waals surface area (Å²) in [6, 6.07) is -0.352. The summed E-state index contributed by atoms with van der Waals surface area (Å²) in [6.07, 6.45) is 4.73. The predicted octanol–water partition coefficient (Wildman–Crippen LogP) is 1.07. The molecular weight excluding hydrogens is 303 g/mol. The van der Waals surface area contributed by atoms with Crippen LogP contribution in [0.15, 0.2) is 33.7 Å². The monoisotopic (exact) mass is 322 g/mol. The van der Waals surface area contributed by atoms with Crippen molar-refractivity contribution in [2.75, 3.05) is 13.1 Å². The second-order valence-electron chi connectivity index (χ2n) is 6.05. The summed E-state index contributed by atoms with van der Waals surface area (Å²) < 4.78 is 14.5. The Morgan fingerprint density at radius 2 is 2.45 bits per heavy atom. The van der Waals surface area contributed by atoms with Gasteiger partial charge < -0.3 is 15.3 Å². The van der Waals surface area contributed by atoms with E-state index in [9.17, 15) is 9.50 Å². The second-order valence-corrected chi connectivity index (χ2v) is 7.18. The Balaban J connectivity index is 1.76. The molecule has 0 amide bonds. The molecule has 0 aromatic carbocycles. The molecule has 2 N–H and O–H groups in total. The Kier molecular flexibility index (Phi) is 3.39. The van der Waals surface area contributed by atoms with Crippen LogP contribution in [0, 0.1) is 0 Å². The fourth-order valence-electron chi connectivity index (χ4n) is 3.68. The van der Waals surface area contributed by atoms with Gasteiger partial charge >= 0.3 is 0 Å². The molecule has 0 aliphatic carbocycles. The lowest BCUT2D eigenvalue weighted by Crippen LogP contribution is -2.59. The van der Waals surface area contributed by atoms with Gasteiger partial charge in [-0.3, -0.25) is 4.99 Å². The maximum Gasteiger partial charge on any atom is 0.177 e. The molecule has 118 valence electrons. The molecule has 0 saturated carbocycles. The maximum atomic E-state index is 14.5. The molecule has 5 atom stereocenters. The van der Waals surface area contributed by atoms with E-state index in [1.807, 2.05) is 22.5 Å². The predicted molar refractivity (Wildman–Crippen MR) is 87.0 cm³/mol. The Morgan fingerprint density at radius 1 is 1.59 bits per heavy atom. The van der Waals surface area contributed by atoms with Crippen LogP contribution in [0.4, 0.5) is 4.39 Å². The van der Waals surface area contributed by atoms with Crippen molar-refractivity contribution in [2.45, 2.75) is 42.6 Å². The van der Waals surface area contributed by atoms with Crippen LogP contribution in [0.1, 0.15) is 13.3 Å². The van der Waals surface area contributed by atoms with Crippen LogP contribution in [0.2, 0.25) is 0 Å². The minimum atomic E-state index is -0.970. The number of alkyl halides is 1. The highest BCUT2D eigenvalue weighted by Gasteiger charge is 2.56. The number of thioether (sulfide) groups is 1. The van der Waals surface area contributed by atoms with Gasteiger partial charge in [-0.2, -0.15) is 0 Å². The molecule has 0 aromatic heterocycles.